The molecule has 0 unspecified atom stereocenters. The van der Waals surface area contributed by atoms with Gasteiger partial charge in [0.25, 0.3) is 0 Å². The lowest BCUT2D eigenvalue weighted by atomic mass is 10.0. The van der Waals surface area contributed by atoms with Crippen molar-refractivity contribution in [1.29, 1.82) is 0 Å². The maximum atomic E-state index is 12.0. The Hall–Kier alpha value is -1.76. The molecule has 1 aliphatic rings. The molecule has 1 amide bonds. The number of carbonyl (C=O) groups is 1. The molecule has 134 valence electrons. The van der Waals surface area contributed by atoms with Crippen LogP contribution < -0.4 is 10.1 Å². The Morgan fingerprint density at radius 3 is 2.72 bits per heavy atom. The number of aliphatic hydroxyl groups excluding tert-OH is 1. The van der Waals surface area contributed by atoms with E-state index in [-0.39, 0.29) is 5.91 Å². The summed E-state index contributed by atoms with van der Waals surface area (Å²) in [5.74, 6) is 0.836. The zero-order valence-corrected chi connectivity index (χ0v) is 15.5. The number of fused-ring (bicyclic) bond motifs is 3. The fourth-order valence-corrected chi connectivity index (χ4v) is 3.48. The molecule has 0 spiro atoms. The molecule has 2 aromatic rings. The highest BCUT2D eigenvalue weighted by Crippen LogP contribution is 2.42. The van der Waals surface area contributed by atoms with Crippen LogP contribution in [0.2, 0.25) is 10.0 Å². The highest BCUT2D eigenvalue weighted by Gasteiger charge is 2.29. The van der Waals surface area contributed by atoms with Crippen molar-refractivity contribution in [2.45, 2.75) is 26.4 Å². The van der Waals surface area contributed by atoms with E-state index in [0.29, 0.717) is 40.2 Å². The van der Waals surface area contributed by atoms with Crippen LogP contribution in [0.3, 0.4) is 0 Å². The molecule has 8 heteroatoms. The molecule has 6 nitrogen and oxygen atoms in total. The largest absolute Gasteiger partial charge is 0.495 e. The molecule has 1 aromatic carbocycles. The topological polar surface area (TPSA) is 74.7 Å². The number of hydrogen-bond acceptors (Lipinski definition) is 5. The minimum atomic E-state index is -0.521. The molecule has 2 N–H and O–H groups in total. The van der Waals surface area contributed by atoms with Gasteiger partial charge in [-0.15, -0.1) is 0 Å². The Morgan fingerprint density at radius 2 is 2.08 bits per heavy atom. The van der Waals surface area contributed by atoms with Crippen LogP contribution in [0.4, 0.5) is 5.82 Å². The summed E-state index contributed by atoms with van der Waals surface area (Å²) in [6, 6.07) is 1.80. The van der Waals surface area contributed by atoms with E-state index in [4.69, 9.17) is 27.9 Å². The predicted octanol–water partition coefficient (Wildman–Crippen LogP) is 3.21. The second-order valence-electron chi connectivity index (χ2n) is 5.86. The predicted molar refractivity (Wildman–Crippen MR) is 98.4 cm³/mol. The van der Waals surface area contributed by atoms with Gasteiger partial charge in [-0.05, 0) is 18.1 Å². The van der Waals surface area contributed by atoms with Gasteiger partial charge in [-0.2, -0.15) is 0 Å². The van der Waals surface area contributed by atoms with Crippen molar-refractivity contribution in [3.63, 3.8) is 0 Å². The van der Waals surface area contributed by atoms with Crippen molar-refractivity contribution in [1.82, 2.24) is 9.88 Å². The number of hydrogen-bond donors (Lipinski definition) is 2. The molecular formula is C17H19Cl2N3O3. The van der Waals surface area contributed by atoms with Crippen molar-refractivity contribution in [2.24, 2.45) is 0 Å². The van der Waals surface area contributed by atoms with Gasteiger partial charge in [0, 0.05) is 24.0 Å². The number of halogens is 2. The number of benzene rings is 1. The van der Waals surface area contributed by atoms with Gasteiger partial charge in [-0.25, -0.2) is 4.98 Å². The maximum Gasteiger partial charge on any atom is 0.248 e. The van der Waals surface area contributed by atoms with Crippen molar-refractivity contribution < 1.29 is 14.6 Å². The Bertz CT molecular complexity index is 842. The first kappa shape index (κ1) is 18.0. The fourth-order valence-electron chi connectivity index (χ4n) is 3.02. The van der Waals surface area contributed by atoms with E-state index in [2.05, 4.69) is 17.2 Å². The Kier molecular flexibility index (Phi) is 5.22. The lowest BCUT2D eigenvalue weighted by molar-refractivity contribution is -0.134. The summed E-state index contributed by atoms with van der Waals surface area (Å²) >= 11 is 12.7. The van der Waals surface area contributed by atoms with Crippen LogP contribution in [0.15, 0.2) is 6.07 Å². The van der Waals surface area contributed by atoms with Gasteiger partial charge in [0.15, 0.2) is 0 Å². The van der Waals surface area contributed by atoms with Crippen LogP contribution in [0, 0.1) is 0 Å². The number of anilines is 1. The number of ether oxygens (including phenoxy) is 1. The fraction of sp³-hybridized carbons (Fsp3) is 0.412. The summed E-state index contributed by atoms with van der Waals surface area (Å²) in [6.45, 7) is 3.07. The van der Waals surface area contributed by atoms with E-state index < -0.39 is 6.61 Å². The third kappa shape index (κ3) is 3.10. The normalized spacial score (nSPS) is 13.2. The number of aromatic nitrogens is 1. The van der Waals surface area contributed by atoms with E-state index in [1.54, 1.807) is 11.0 Å². The van der Waals surface area contributed by atoms with Crippen molar-refractivity contribution >= 4 is 45.8 Å². The molecular weight excluding hydrogens is 365 g/mol. The molecule has 3 rings (SSSR count). The maximum absolute atomic E-state index is 12.0. The Balaban J connectivity index is 2.22. The number of aliphatic hydroxyl groups is 1. The molecule has 0 aliphatic carbocycles. The SMILES string of the molecule is CCCNc1nc2c(Cl)c(Cl)c(OC)cc2c2c1CN(C(=O)CO)C2. The summed E-state index contributed by atoms with van der Waals surface area (Å²) in [7, 11) is 1.52. The number of pyridine rings is 1. The summed E-state index contributed by atoms with van der Waals surface area (Å²) in [5, 5.41) is 13.9. The Morgan fingerprint density at radius 1 is 1.36 bits per heavy atom. The van der Waals surface area contributed by atoms with E-state index in [1.165, 1.54) is 7.11 Å². The third-order valence-electron chi connectivity index (χ3n) is 4.29. The lowest BCUT2D eigenvalue weighted by Gasteiger charge is -2.14. The van der Waals surface area contributed by atoms with Crippen molar-refractivity contribution in [3.05, 3.63) is 27.2 Å². The number of amides is 1. The molecule has 25 heavy (non-hydrogen) atoms. The second-order valence-corrected chi connectivity index (χ2v) is 6.61. The van der Waals surface area contributed by atoms with Gasteiger partial charge in [0.05, 0.1) is 24.2 Å². The van der Waals surface area contributed by atoms with Gasteiger partial charge in [0.1, 0.15) is 23.2 Å². The highest BCUT2D eigenvalue weighted by atomic mass is 35.5. The zero-order chi connectivity index (χ0) is 18.1. The number of carbonyl (C=O) groups excluding carboxylic acids is 1. The van der Waals surface area contributed by atoms with Crippen molar-refractivity contribution in [3.8, 4) is 5.75 Å². The average Bonchev–Trinajstić information content (AvgIpc) is 3.07. The summed E-state index contributed by atoms with van der Waals surface area (Å²) in [5.41, 5.74) is 2.45. The lowest BCUT2D eigenvalue weighted by Crippen LogP contribution is -2.27. The minimum absolute atomic E-state index is 0.312. The van der Waals surface area contributed by atoms with Gasteiger partial charge in [-0.1, -0.05) is 30.1 Å². The molecule has 1 aromatic heterocycles. The van der Waals surface area contributed by atoms with Crippen LogP contribution in [-0.2, 0) is 17.9 Å². The Labute approximate surface area is 155 Å². The van der Waals surface area contributed by atoms with Crippen LogP contribution >= 0.6 is 23.2 Å². The average molecular weight is 384 g/mol. The number of nitrogens with one attached hydrogen (secondary N) is 1. The molecule has 0 fully saturated rings. The van der Waals surface area contributed by atoms with Crippen LogP contribution in [0.5, 0.6) is 5.75 Å². The number of rotatable bonds is 5. The molecule has 0 saturated carbocycles. The second kappa shape index (κ2) is 7.23. The molecule has 1 aliphatic heterocycles. The van der Waals surface area contributed by atoms with E-state index in [0.717, 1.165) is 29.5 Å². The highest BCUT2D eigenvalue weighted by molar-refractivity contribution is 6.46. The zero-order valence-electron chi connectivity index (χ0n) is 14.0. The molecule has 0 saturated heterocycles. The summed E-state index contributed by atoms with van der Waals surface area (Å²) in [4.78, 5) is 18.2. The first-order chi connectivity index (χ1) is 12.0. The first-order valence-electron chi connectivity index (χ1n) is 8.01. The van der Waals surface area contributed by atoms with Crippen LogP contribution in [0.25, 0.3) is 10.9 Å². The first-order valence-corrected chi connectivity index (χ1v) is 8.77. The standard InChI is InChI=1S/C17H19Cl2N3O3/c1-3-4-20-17-11-7-22(13(24)8-23)6-10(11)9-5-12(25-2)14(18)15(19)16(9)21-17/h5,23H,3-4,6-8H2,1-2H3,(H,20,21). The van der Waals surface area contributed by atoms with Crippen LogP contribution in [-0.4, -0.2) is 41.2 Å². The van der Waals surface area contributed by atoms with E-state index in [9.17, 15) is 9.90 Å². The minimum Gasteiger partial charge on any atom is -0.495 e. The molecule has 0 atom stereocenters. The molecule has 0 radical (unpaired) electrons. The summed E-state index contributed by atoms with van der Waals surface area (Å²) in [6.07, 6.45) is 0.935. The monoisotopic (exact) mass is 383 g/mol. The van der Waals surface area contributed by atoms with Crippen LogP contribution in [0.1, 0.15) is 24.5 Å². The number of nitrogens with zero attached hydrogens (tertiary/aromatic N) is 2. The summed E-state index contributed by atoms with van der Waals surface area (Å²) < 4.78 is 5.30. The van der Waals surface area contributed by atoms with Gasteiger partial charge >= 0.3 is 0 Å². The van der Waals surface area contributed by atoms with Gasteiger partial charge in [0.2, 0.25) is 5.91 Å². The quantitative estimate of drug-likeness (QED) is 0.828. The third-order valence-corrected chi connectivity index (χ3v) is 5.13. The molecule has 0 bridgehead atoms. The smallest absolute Gasteiger partial charge is 0.248 e. The number of methoxy groups -OCH3 is 1. The van der Waals surface area contributed by atoms with Gasteiger partial charge in [-0.3, -0.25) is 4.79 Å². The van der Waals surface area contributed by atoms with Gasteiger partial charge < -0.3 is 20.1 Å². The van der Waals surface area contributed by atoms with E-state index in [1.807, 2.05) is 0 Å². The van der Waals surface area contributed by atoms with Crippen molar-refractivity contribution in [2.75, 3.05) is 25.6 Å². The molecule has 2 heterocycles. The van der Waals surface area contributed by atoms with E-state index >= 15 is 0 Å².